The van der Waals surface area contributed by atoms with E-state index in [0.29, 0.717) is 25.2 Å². The molecular formula is C23H24ClN3O3S2. The van der Waals surface area contributed by atoms with Gasteiger partial charge in [0.2, 0.25) is 10.0 Å². The van der Waals surface area contributed by atoms with Crippen LogP contribution in [0.5, 0.6) is 0 Å². The van der Waals surface area contributed by atoms with Gasteiger partial charge >= 0.3 is 0 Å². The molecule has 32 heavy (non-hydrogen) atoms. The van der Waals surface area contributed by atoms with Crippen molar-refractivity contribution in [1.29, 1.82) is 0 Å². The molecular weight excluding hydrogens is 466 g/mol. The van der Waals surface area contributed by atoms with E-state index in [1.54, 1.807) is 36.2 Å². The van der Waals surface area contributed by atoms with Gasteiger partial charge in [0, 0.05) is 41.8 Å². The zero-order chi connectivity index (χ0) is 23.0. The number of aryl methyl sites for hydroxylation is 1. The molecule has 4 rings (SSSR count). The zero-order valence-electron chi connectivity index (χ0n) is 18.1. The van der Waals surface area contributed by atoms with Gasteiger partial charge in [0.25, 0.3) is 5.91 Å². The molecule has 0 N–H and O–H groups in total. The Balaban J connectivity index is 1.66. The molecule has 3 aromatic rings. The minimum Gasteiger partial charge on any atom is -0.308 e. The summed E-state index contributed by atoms with van der Waals surface area (Å²) in [6.45, 7) is 6.71. The Bertz CT molecular complexity index is 1280. The lowest BCUT2D eigenvalue weighted by atomic mass is 10.1. The number of hydrogen-bond donors (Lipinski definition) is 0. The van der Waals surface area contributed by atoms with Gasteiger partial charge in [-0.1, -0.05) is 31.5 Å². The molecule has 168 valence electrons. The number of rotatable bonds is 6. The fourth-order valence-corrected chi connectivity index (χ4v) is 6.54. The standard InChI is InChI=1S/C23H24ClN3O3S2/c1-4-26(5-2)32(29,30)22-13-18(6-8-19(22)24)23(28)27-11-10-17-12-16(7-9-21(17)27)20-14-31-15(3)25-20/h6-9,12-14H,4-5,10-11H2,1-3H3. The first-order valence-corrected chi connectivity index (χ1v) is 13.1. The molecule has 1 aliphatic rings. The number of aromatic nitrogens is 1. The van der Waals surface area contributed by atoms with Crippen molar-refractivity contribution in [2.45, 2.75) is 32.1 Å². The van der Waals surface area contributed by atoms with E-state index in [2.05, 4.69) is 11.1 Å². The number of sulfonamides is 1. The summed E-state index contributed by atoms with van der Waals surface area (Å²) in [5.74, 6) is -0.242. The molecule has 0 fully saturated rings. The van der Waals surface area contributed by atoms with E-state index in [1.807, 2.05) is 24.4 Å². The van der Waals surface area contributed by atoms with Crippen LogP contribution in [0.3, 0.4) is 0 Å². The number of fused-ring (bicyclic) bond motifs is 1. The van der Waals surface area contributed by atoms with Crippen molar-refractivity contribution < 1.29 is 13.2 Å². The van der Waals surface area contributed by atoms with Gasteiger partial charge in [0.15, 0.2) is 0 Å². The van der Waals surface area contributed by atoms with Crippen molar-refractivity contribution in [3.63, 3.8) is 0 Å². The number of nitrogens with zero attached hydrogens (tertiary/aromatic N) is 3. The van der Waals surface area contributed by atoms with Gasteiger partial charge in [0.1, 0.15) is 4.90 Å². The van der Waals surface area contributed by atoms with Crippen molar-refractivity contribution >= 4 is 44.6 Å². The highest BCUT2D eigenvalue weighted by Crippen LogP contribution is 2.34. The highest BCUT2D eigenvalue weighted by atomic mass is 35.5. The molecule has 0 saturated carbocycles. The largest absolute Gasteiger partial charge is 0.308 e. The highest BCUT2D eigenvalue weighted by molar-refractivity contribution is 7.89. The van der Waals surface area contributed by atoms with Gasteiger partial charge in [-0.05, 0) is 49.2 Å². The molecule has 0 bridgehead atoms. The average Bonchev–Trinajstić information content (AvgIpc) is 3.39. The number of anilines is 1. The first-order chi connectivity index (χ1) is 15.3. The van der Waals surface area contributed by atoms with E-state index in [-0.39, 0.29) is 15.8 Å². The number of amides is 1. The molecule has 1 amide bonds. The molecule has 1 aromatic heterocycles. The molecule has 0 saturated heterocycles. The fourth-order valence-electron chi connectivity index (χ4n) is 3.96. The second-order valence-corrected chi connectivity index (χ2v) is 10.9. The maximum Gasteiger partial charge on any atom is 0.258 e. The van der Waals surface area contributed by atoms with E-state index in [0.717, 1.165) is 33.9 Å². The maximum absolute atomic E-state index is 13.3. The Labute approximate surface area is 197 Å². The van der Waals surface area contributed by atoms with Crippen molar-refractivity contribution in [3.8, 4) is 11.3 Å². The number of carbonyl (C=O) groups is 1. The lowest BCUT2D eigenvalue weighted by molar-refractivity contribution is 0.0989. The van der Waals surface area contributed by atoms with Crippen LogP contribution in [0.4, 0.5) is 5.69 Å². The van der Waals surface area contributed by atoms with Crippen LogP contribution < -0.4 is 4.90 Å². The minimum absolute atomic E-state index is 0.0395. The Morgan fingerprint density at radius 1 is 1.19 bits per heavy atom. The zero-order valence-corrected chi connectivity index (χ0v) is 20.5. The van der Waals surface area contributed by atoms with Crippen LogP contribution in [0.15, 0.2) is 46.7 Å². The number of benzene rings is 2. The lowest BCUT2D eigenvalue weighted by Crippen LogP contribution is -2.32. The number of halogens is 1. The molecule has 0 aliphatic carbocycles. The molecule has 0 radical (unpaired) electrons. The molecule has 9 heteroatoms. The number of thiazole rings is 1. The third kappa shape index (κ3) is 4.08. The van der Waals surface area contributed by atoms with Crippen LogP contribution in [0.2, 0.25) is 5.02 Å². The summed E-state index contributed by atoms with van der Waals surface area (Å²) < 4.78 is 27.3. The predicted octanol–water partition coefficient (Wildman–Crippen LogP) is 5.01. The van der Waals surface area contributed by atoms with Crippen molar-refractivity contribution in [2.75, 3.05) is 24.5 Å². The maximum atomic E-state index is 13.3. The molecule has 0 unspecified atom stereocenters. The van der Waals surface area contributed by atoms with Crippen LogP contribution in [0.25, 0.3) is 11.3 Å². The van der Waals surface area contributed by atoms with E-state index >= 15 is 0 Å². The Morgan fingerprint density at radius 3 is 2.59 bits per heavy atom. The topological polar surface area (TPSA) is 70.6 Å². The first-order valence-electron chi connectivity index (χ1n) is 10.4. The summed E-state index contributed by atoms with van der Waals surface area (Å²) in [5, 5.41) is 3.15. The summed E-state index contributed by atoms with van der Waals surface area (Å²) in [7, 11) is -3.78. The first kappa shape index (κ1) is 22.9. The Hall–Kier alpha value is -2.26. The summed E-state index contributed by atoms with van der Waals surface area (Å²) in [6.07, 6.45) is 0.732. The van der Waals surface area contributed by atoms with Crippen LogP contribution in [-0.2, 0) is 16.4 Å². The highest BCUT2D eigenvalue weighted by Gasteiger charge is 2.29. The van der Waals surface area contributed by atoms with Gasteiger partial charge in [-0.15, -0.1) is 11.3 Å². The quantitative estimate of drug-likeness (QED) is 0.488. The molecule has 6 nitrogen and oxygen atoms in total. The fraction of sp³-hybridized carbons (Fsp3) is 0.304. The summed E-state index contributed by atoms with van der Waals surface area (Å²) in [6, 6.07) is 10.4. The summed E-state index contributed by atoms with van der Waals surface area (Å²) >= 11 is 7.83. The minimum atomic E-state index is -3.78. The van der Waals surface area contributed by atoms with Gasteiger partial charge in [0.05, 0.1) is 15.7 Å². The van der Waals surface area contributed by atoms with Crippen molar-refractivity contribution in [1.82, 2.24) is 9.29 Å². The molecule has 2 heterocycles. The van der Waals surface area contributed by atoms with E-state index in [1.165, 1.54) is 16.4 Å². The third-order valence-corrected chi connectivity index (χ3v) is 8.94. The van der Waals surface area contributed by atoms with E-state index < -0.39 is 10.0 Å². The van der Waals surface area contributed by atoms with Gasteiger partial charge in [-0.25, -0.2) is 13.4 Å². The summed E-state index contributed by atoms with van der Waals surface area (Å²) in [4.78, 5) is 19.5. The molecule has 0 spiro atoms. The Kier molecular flexibility index (Phi) is 6.40. The summed E-state index contributed by atoms with van der Waals surface area (Å²) in [5.41, 5.74) is 4.18. The van der Waals surface area contributed by atoms with Crippen LogP contribution in [-0.4, -0.2) is 43.2 Å². The molecule has 2 aromatic carbocycles. The third-order valence-electron chi connectivity index (χ3n) is 5.64. The van der Waals surface area contributed by atoms with Crippen LogP contribution in [0, 0.1) is 6.92 Å². The smallest absolute Gasteiger partial charge is 0.258 e. The lowest BCUT2D eigenvalue weighted by Gasteiger charge is -2.21. The van der Waals surface area contributed by atoms with Crippen LogP contribution in [0.1, 0.15) is 34.8 Å². The Morgan fingerprint density at radius 2 is 1.94 bits per heavy atom. The normalized spacial score (nSPS) is 13.6. The SMILES string of the molecule is CCN(CC)S(=O)(=O)c1cc(C(=O)N2CCc3cc(-c4csc(C)n4)ccc32)ccc1Cl. The van der Waals surface area contributed by atoms with Gasteiger partial charge in [-0.3, -0.25) is 4.79 Å². The van der Waals surface area contributed by atoms with Crippen LogP contribution >= 0.6 is 22.9 Å². The molecule has 1 aliphatic heterocycles. The van der Waals surface area contributed by atoms with Gasteiger partial charge in [-0.2, -0.15) is 4.31 Å². The average molecular weight is 490 g/mol. The number of hydrogen-bond acceptors (Lipinski definition) is 5. The van der Waals surface area contributed by atoms with E-state index in [9.17, 15) is 13.2 Å². The van der Waals surface area contributed by atoms with Crippen molar-refractivity contribution in [2.24, 2.45) is 0 Å². The second kappa shape index (κ2) is 8.94. The second-order valence-electron chi connectivity index (χ2n) is 7.54. The van der Waals surface area contributed by atoms with Gasteiger partial charge < -0.3 is 4.90 Å². The van der Waals surface area contributed by atoms with Crippen molar-refractivity contribution in [3.05, 3.63) is 62.9 Å². The number of carbonyl (C=O) groups excluding carboxylic acids is 1. The van der Waals surface area contributed by atoms with E-state index in [4.69, 9.17) is 11.6 Å². The molecule has 0 atom stereocenters. The monoisotopic (exact) mass is 489 g/mol. The predicted molar refractivity (Wildman–Crippen MR) is 129 cm³/mol.